The summed E-state index contributed by atoms with van der Waals surface area (Å²) < 4.78 is 0. The molecule has 1 aliphatic rings. The molecule has 1 heterocycles. The fraction of sp³-hybridized carbons (Fsp3) is 0.462. The molecule has 3 heteroatoms. The van der Waals surface area contributed by atoms with Gasteiger partial charge in [-0.25, -0.2) is 0 Å². The third-order valence-corrected chi connectivity index (χ3v) is 2.97. The molecule has 0 radical (unpaired) electrons. The van der Waals surface area contributed by atoms with E-state index in [9.17, 15) is 4.79 Å². The average molecular weight is 214 g/mol. The molecule has 0 unspecified atom stereocenters. The van der Waals surface area contributed by atoms with Crippen LogP contribution in [0, 0.1) is 17.2 Å². The van der Waals surface area contributed by atoms with Crippen LogP contribution in [0.3, 0.4) is 0 Å². The lowest BCUT2D eigenvalue weighted by Gasteiger charge is -2.08. The summed E-state index contributed by atoms with van der Waals surface area (Å²) in [5.74, 6) is 0.611. The lowest BCUT2D eigenvalue weighted by Crippen LogP contribution is -2.01. The predicted molar refractivity (Wildman–Crippen MR) is 59.9 cm³/mol. The summed E-state index contributed by atoms with van der Waals surface area (Å²) in [4.78, 5) is 15.1. The average Bonchev–Trinajstić information content (AvgIpc) is 3.10. The summed E-state index contributed by atoms with van der Waals surface area (Å²) in [6.45, 7) is 1.49. The molecule has 0 amide bonds. The number of nitriles is 1. The molecular formula is C13H14N2O. The van der Waals surface area contributed by atoms with Crippen molar-refractivity contribution in [3.63, 3.8) is 0 Å². The second-order valence-corrected chi connectivity index (χ2v) is 4.39. The molecule has 1 aromatic rings. The zero-order valence-electron chi connectivity index (χ0n) is 9.31. The normalized spacial score (nSPS) is 16.5. The van der Waals surface area contributed by atoms with E-state index in [1.54, 1.807) is 12.3 Å². The van der Waals surface area contributed by atoms with Gasteiger partial charge in [0.15, 0.2) is 5.78 Å². The van der Waals surface area contributed by atoms with Crippen LogP contribution in [0.1, 0.15) is 48.2 Å². The lowest BCUT2D eigenvalue weighted by molar-refractivity contribution is 0.101. The second-order valence-electron chi connectivity index (χ2n) is 4.39. The van der Waals surface area contributed by atoms with Gasteiger partial charge in [-0.1, -0.05) is 18.9 Å². The van der Waals surface area contributed by atoms with Crippen LogP contribution in [0.4, 0.5) is 0 Å². The first-order chi connectivity index (χ1) is 7.70. The van der Waals surface area contributed by atoms with Crippen molar-refractivity contribution in [3.8, 4) is 6.07 Å². The second kappa shape index (κ2) is 4.44. The van der Waals surface area contributed by atoms with Gasteiger partial charge in [0.1, 0.15) is 5.69 Å². The minimum atomic E-state index is -0.0685. The van der Waals surface area contributed by atoms with Crippen molar-refractivity contribution in [2.75, 3.05) is 0 Å². The van der Waals surface area contributed by atoms with Gasteiger partial charge in [-0.3, -0.25) is 9.78 Å². The molecule has 1 aromatic heterocycles. The molecule has 2 rings (SSSR count). The van der Waals surface area contributed by atoms with Crippen molar-refractivity contribution in [2.24, 2.45) is 5.92 Å². The number of aromatic nitrogens is 1. The van der Waals surface area contributed by atoms with E-state index in [2.05, 4.69) is 11.1 Å². The number of Topliss-reactive ketones (excluding diaryl/α,β-unsaturated/α-hetero) is 1. The van der Waals surface area contributed by atoms with E-state index < -0.39 is 0 Å². The topological polar surface area (TPSA) is 53.8 Å². The zero-order valence-corrected chi connectivity index (χ0v) is 9.31. The Balaban J connectivity index is 2.12. The Bertz CT molecular complexity index is 426. The highest BCUT2D eigenvalue weighted by Crippen LogP contribution is 2.38. The molecule has 0 aliphatic heterocycles. The molecular weight excluding hydrogens is 200 g/mol. The summed E-state index contributed by atoms with van der Waals surface area (Å²) in [6, 6.07) is 5.86. The van der Waals surface area contributed by atoms with E-state index in [0.29, 0.717) is 5.69 Å². The first-order valence-electron chi connectivity index (χ1n) is 5.57. The first-order valence-corrected chi connectivity index (χ1v) is 5.57. The Morgan fingerprint density at radius 3 is 2.81 bits per heavy atom. The minimum Gasteiger partial charge on any atom is -0.293 e. The van der Waals surface area contributed by atoms with Gasteiger partial charge >= 0.3 is 0 Å². The summed E-state index contributed by atoms with van der Waals surface area (Å²) >= 11 is 0. The third-order valence-electron chi connectivity index (χ3n) is 2.97. The number of hydrogen-bond donors (Lipinski definition) is 0. The quantitative estimate of drug-likeness (QED) is 0.724. The van der Waals surface area contributed by atoms with E-state index in [-0.39, 0.29) is 11.7 Å². The van der Waals surface area contributed by atoms with Gasteiger partial charge in [-0.05, 0) is 24.0 Å². The molecule has 1 fully saturated rings. The summed E-state index contributed by atoms with van der Waals surface area (Å²) in [5.41, 5.74) is 1.39. The van der Waals surface area contributed by atoms with Crippen molar-refractivity contribution in [2.45, 2.75) is 32.1 Å². The van der Waals surface area contributed by atoms with Crippen molar-refractivity contribution in [1.29, 1.82) is 5.26 Å². The van der Waals surface area contributed by atoms with Crippen LogP contribution in [0.15, 0.2) is 18.3 Å². The van der Waals surface area contributed by atoms with Crippen LogP contribution in [0.25, 0.3) is 0 Å². The first kappa shape index (κ1) is 10.8. The predicted octanol–water partition coefficient (Wildman–Crippen LogP) is 2.69. The molecule has 0 N–H and O–H groups in total. The standard InChI is InChI=1S/C13H14N2O/c1-9(16)13-5-4-11(8-15-13)12(7-14)6-10-2-3-10/h4-5,8,10,12H,2-3,6H2,1H3/t12-/m1/s1. The van der Waals surface area contributed by atoms with Crippen LogP contribution < -0.4 is 0 Å². The SMILES string of the molecule is CC(=O)c1ccc([C@@H](C#N)CC2CC2)cn1. The van der Waals surface area contributed by atoms with E-state index in [4.69, 9.17) is 5.26 Å². The number of hydrogen-bond acceptors (Lipinski definition) is 3. The lowest BCUT2D eigenvalue weighted by atomic mass is 9.96. The van der Waals surface area contributed by atoms with Crippen LogP contribution in [-0.4, -0.2) is 10.8 Å². The Hall–Kier alpha value is -1.69. The molecule has 0 bridgehead atoms. The van der Waals surface area contributed by atoms with Gasteiger partial charge in [0.25, 0.3) is 0 Å². The molecule has 1 saturated carbocycles. The molecule has 3 nitrogen and oxygen atoms in total. The van der Waals surface area contributed by atoms with Crippen molar-refractivity contribution in [1.82, 2.24) is 4.98 Å². The molecule has 1 atom stereocenters. The Labute approximate surface area is 95.1 Å². The Morgan fingerprint density at radius 1 is 1.62 bits per heavy atom. The van der Waals surface area contributed by atoms with Crippen LogP contribution >= 0.6 is 0 Å². The number of rotatable bonds is 4. The van der Waals surface area contributed by atoms with E-state index in [0.717, 1.165) is 17.9 Å². The molecule has 0 aromatic carbocycles. The molecule has 82 valence electrons. The highest BCUT2D eigenvalue weighted by Gasteiger charge is 2.26. The number of carbonyl (C=O) groups excluding carboxylic acids is 1. The van der Waals surface area contributed by atoms with Crippen LogP contribution in [-0.2, 0) is 0 Å². The van der Waals surface area contributed by atoms with E-state index >= 15 is 0 Å². The third kappa shape index (κ3) is 2.46. The largest absolute Gasteiger partial charge is 0.293 e. The molecule has 16 heavy (non-hydrogen) atoms. The summed E-state index contributed by atoms with van der Waals surface area (Å²) in [5, 5.41) is 9.09. The van der Waals surface area contributed by atoms with Gasteiger partial charge in [-0.15, -0.1) is 0 Å². The Morgan fingerprint density at radius 2 is 2.38 bits per heavy atom. The maximum Gasteiger partial charge on any atom is 0.178 e. The van der Waals surface area contributed by atoms with E-state index in [1.807, 2.05) is 6.07 Å². The number of ketones is 1. The van der Waals surface area contributed by atoms with Gasteiger partial charge in [-0.2, -0.15) is 5.26 Å². The van der Waals surface area contributed by atoms with Gasteiger partial charge in [0, 0.05) is 13.1 Å². The fourth-order valence-electron chi connectivity index (χ4n) is 1.77. The smallest absolute Gasteiger partial charge is 0.178 e. The van der Waals surface area contributed by atoms with Gasteiger partial charge in [0.2, 0.25) is 0 Å². The van der Waals surface area contributed by atoms with Crippen molar-refractivity contribution < 1.29 is 4.79 Å². The van der Waals surface area contributed by atoms with Crippen molar-refractivity contribution in [3.05, 3.63) is 29.6 Å². The highest BCUT2D eigenvalue weighted by atomic mass is 16.1. The maximum atomic E-state index is 11.1. The molecule has 0 saturated heterocycles. The van der Waals surface area contributed by atoms with E-state index in [1.165, 1.54) is 19.8 Å². The number of carbonyl (C=O) groups is 1. The molecule has 1 aliphatic carbocycles. The van der Waals surface area contributed by atoms with Gasteiger partial charge in [0.05, 0.1) is 12.0 Å². The van der Waals surface area contributed by atoms with Crippen LogP contribution in [0.5, 0.6) is 0 Å². The molecule has 0 spiro atoms. The minimum absolute atomic E-state index is 0.0396. The monoisotopic (exact) mass is 214 g/mol. The number of nitrogens with zero attached hydrogens (tertiary/aromatic N) is 2. The zero-order chi connectivity index (χ0) is 11.5. The fourth-order valence-corrected chi connectivity index (χ4v) is 1.77. The van der Waals surface area contributed by atoms with Gasteiger partial charge < -0.3 is 0 Å². The number of pyridine rings is 1. The highest BCUT2D eigenvalue weighted by molar-refractivity contribution is 5.91. The maximum absolute atomic E-state index is 11.1. The van der Waals surface area contributed by atoms with Crippen molar-refractivity contribution >= 4 is 5.78 Å². The summed E-state index contributed by atoms with van der Waals surface area (Å²) in [6.07, 6.45) is 5.08. The summed E-state index contributed by atoms with van der Waals surface area (Å²) in [7, 11) is 0. The Kier molecular flexibility index (Phi) is 3.00. The van der Waals surface area contributed by atoms with Crippen LogP contribution in [0.2, 0.25) is 0 Å².